The van der Waals surface area contributed by atoms with Gasteiger partial charge in [-0.1, -0.05) is 18.2 Å². The Morgan fingerprint density at radius 1 is 1.08 bits per heavy atom. The monoisotopic (exact) mass is 216 g/mol. The van der Waals surface area contributed by atoms with Crippen LogP contribution in [0.3, 0.4) is 0 Å². The fourth-order valence-corrected chi connectivity index (χ4v) is 1.77. The molecule has 0 fully saturated rings. The summed E-state index contributed by atoms with van der Waals surface area (Å²) < 4.78 is 0. The molecule has 0 aliphatic carbocycles. The van der Waals surface area contributed by atoms with E-state index in [-0.39, 0.29) is 10.8 Å². The molecule has 0 radical (unpaired) electrons. The molecule has 0 aromatic heterocycles. The van der Waals surface area contributed by atoms with Crippen molar-refractivity contribution in [1.82, 2.24) is 0 Å². The Balaban J connectivity index is 3.06. The number of benzene rings is 1. The van der Waals surface area contributed by atoms with Crippen LogP contribution in [0.25, 0.3) is 0 Å². The summed E-state index contributed by atoms with van der Waals surface area (Å²) in [6, 6.07) is 6.20. The first-order valence-corrected chi connectivity index (χ1v) is 5.28. The summed E-state index contributed by atoms with van der Waals surface area (Å²) in [7, 11) is 0. The van der Waals surface area contributed by atoms with Crippen molar-refractivity contribution in [3.8, 4) is 0 Å². The number of alkyl halides is 2. The molecule has 0 heterocycles. The lowest BCUT2D eigenvalue weighted by Gasteiger charge is -2.11. The van der Waals surface area contributed by atoms with Crippen LogP contribution >= 0.6 is 23.2 Å². The first kappa shape index (κ1) is 10.9. The number of rotatable bonds is 2. The molecule has 0 saturated carbocycles. The van der Waals surface area contributed by atoms with E-state index in [4.69, 9.17) is 23.2 Å². The van der Waals surface area contributed by atoms with E-state index in [0.29, 0.717) is 0 Å². The first-order chi connectivity index (χ1) is 6.02. The molecule has 1 aromatic carbocycles. The maximum Gasteiger partial charge on any atom is 0.0559 e. The SMILES string of the molecule is Cc1cc(C(C)Cl)ccc1C(C)Cl. The van der Waals surface area contributed by atoms with Crippen molar-refractivity contribution < 1.29 is 0 Å². The Morgan fingerprint density at radius 2 is 1.69 bits per heavy atom. The molecule has 72 valence electrons. The van der Waals surface area contributed by atoms with Crippen molar-refractivity contribution >= 4 is 23.2 Å². The fourth-order valence-electron chi connectivity index (χ4n) is 1.39. The highest BCUT2D eigenvalue weighted by atomic mass is 35.5. The molecule has 0 nitrogen and oxygen atoms in total. The van der Waals surface area contributed by atoms with Crippen molar-refractivity contribution in [2.45, 2.75) is 31.5 Å². The molecule has 13 heavy (non-hydrogen) atoms. The quantitative estimate of drug-likeness (QED) is 0.635. The van der Waals surface area contributed by atoms with Crippen molar-refractivity contribution in [3.05, 3.63) is 34.9 Å². The molecule has 0 saturated heterocycles. The lowest BCUT2D eigenvalue weighted by atomic mass is 10.0. The van der Waals surface area contributed by atoms with Crippen LogP contribution in [-0.2, 0) is 0 Å². The van der Waals surface area contributed by atoms with Gasteiger partial charge in [0.25, 0.3) is 0 Å². The van der Waals surface area contributed by atoms with E-state index in [1.165, 1.54) is 11.1 Å². The summed E-state index contributed by atoms with van der Waals surface area (Å²) in [6.07, 6.45) is 0. The van der Waals surface area contributed by atoms with Gasteiger partial charge in [-0.3, -0.25) is 0 Å². The van der Waals surface area contributed by atoms with Gasteiger partial charge in [-0.2, -0.15) is 0 Å². The van der Waals surface area contributed by atoms with Gasteiger partial charge in [0, 0.05) is 0 Å². The van der Waals surface area contributed by atoms with Gasteiger partial charge in [0.05, 0.1) is 10.8 Å². The fraction of sp³-hybridized carbons (Fsp3) is 0.455. The van der Waals surface area contributed by atoms with Crippen molar-refractivity contribution in [1.29, 1.82) is 0 Å². The Morgan fingerprint density at radius 3 is 2.08 bits per heavy atom. The minimum absolute atomic E-state index is 0.0679. The molecule has 2 heteroatoms. The molecule has 1 aromatic rings. The first-order valence-electron chi connectivity index (χ1n) is 4.41. The Kier molecular flexibility index (Phi) is 3.63. The standard InChI is InChI=1S/C11H14Cl2/c1-7-6-10(8(2)12)4-5-11(7)9(3)13/h4-6,8-9H,1-3H3. The van der Waals surface area contributed by atoms with Crippen LogP contribution < -0.4 is 0 Å². The highest BCUT2D eigenvalue weighted by Crippen LogP contribution is 2.27. The smallest absolute Gasteiger partial charge is 0.0559 e. The van der Waals surface area contributed by atoms with Crippen LogP contribution in [0.5, 0.6) is 0 Å². The van der Waals surface area contributed by atoms with E-state index in [0.717, 1.165) is 5.56 Å². The minimum atomic E-state index is 0.0679. The van der Waals surface area contributed by atoms with Crippen molar-refractivity contribution in [2.24, 2.45) is 0 Å². The average molecular weight is 217 g/mol. The van der Waals surface area contributed by atoms with Gasteiger partial charge in [-0.15, -0.1) is 23.2 Å². The second-order valence-electron chi connectivity index (χ2n) is 3.35. The summed E-state index contributed by atoms with van der Waals surface area (Å²) >= 11 is 12.0. The van der Waals surface area contributed by atoms with E-state index in [9.17, 15) is 0 Å². The van der Waals surface area contributed by atoms with Gasteiger partial charge in [-0.25, -0.2) is 0 Å². The zero-order valence-corrected chi connectivity index (χ0v) is 9.65. The molecular formula is C11H14Cl2. The van der Waals surface area contributed by atoms with E-state index in [1.54, 1.807) is 0 Å². The van der Waals surface area contributed by atoms with E-state index < -0.39 is 0 Å². The lowest BCUT2D eigenvalue weighted by Crippen LogP contribution is -1.92. The third kappa shape index (κ3) is 2.62. The van der Waals surface area contributed by atoms with Gasteiger partial charge in [-0.05, 0) is 37.5 Å². The molecule has 0 aliphatic heterocycles. The highest BCUT2D eigenvalue weighted by molar-refractivity contribution is 6.21. The van der Waals surface area contributed by atoms with E-state index >= 15 is 0 Å². The maximum atomic E-state index is 6.01. The number of hydrogen-bond donors (Lipinski definition) is 0. The van der Waals surface area contributed by atoms with Gasteiger partial charge in [0.1, 0.15) is 0 Å². The molecule has 2 unspecified atom stereocenters. The number of halogens is 2. The van der Waals surface area contributed by atoms with Crippen LogP contribution in [0.4, 0.5) is 0 Å². The third-order valence-corrected chi connectivity index (χ3v) is 2.67. The molecule has 2 atom stereocenters. The van der Waals surface area contributed by atoms with E-state index in [2.05, 4.69) is 19.1 Å². The topological polar surface area (TPSA) is 0 Å². The average Bonchev–Trinajstić information content (AvgIpc) is 2.03. The van der Waals surface area contributed by atoms with Gasteiger partial charge in [0.2, 0.25) is 0 Å². The predicted molar refractivity (Wildman–Crippen MR) is 59.7 cm³/mol. The van der Waals surface area contributed by atoms with Crippen molar-refractivity contribution in [3.63, 3.8) is 0 Å². The summed E-state index contributed by atoms with van der Waals surface area (Å²) in [5.74, 6) is 0. The Hall–Kier alpha value is -0.200. The number of aryl methyl sites for hydroxylation is 1. The summed E-state index contributed by atoms with van der Waals surface area (Å²) in [4.78, 5) is 0. The van der Waals surface area contributed by atoms with Gasteiger partial charge < -0.3 is 0 Å². The Bertz CT molecular complexity index is 290. The summed E-state index contributed by atoms with van der Waals surface area (Å²) in [5, 5.41) is 0.137. The van der Waals surface area contributed by atoms with Crippen LogP contribution in [0.1, 0.15) is 41.3 Å². The van der Waals surface area contributed by atoms with Gasteiger partial charge >= 0.3 is 0 Å². The third-order valence-electron chi connectivity index (χ3n) is 2.18. The second-order valence-corrected chi connectivity index (χ2v) is 4.66. The molecule has 0 aliphatic rings. The molecule has 0 bridgehead atoms. The predicted octanol–water partition coefficient (Wildman–Crippen LogP) is 4.59. The lowest BCUT2D eigenvalue weighted by molar-refractivity contribution is 1.03. The van der Waals surface area contributed by atoms with Crippen molar-refractivity contribution in [2.75, 3.05) is 0 Å². The van der Waals surface area contributed by atoms with Crippen LogP contribution in [0, 0.1) is 6.92 Å². The zero-order valence-electron chi connectivity index (χ0n) is 8.14. The largest absolute Gasteiger partial charge is 0.118 e. The zero-order chi connectivity index (χ0) is 10.0. The van der Waals surface area contributed by atoms with Crippen LogP contribution in [0.2, 0.25) is 0 Å². The number of hydrogen-bond acceptors (Lipinski definition) is 0. The van der Waals surface area contributed by atoms with Crippen LogP contribution in [0.15, 0.2) is 18.2 Å². The Labute approximate surface area is 89.9 Å². The summed E-state index contributed by atoms with van der Waals surface area (Å²) in [6.45, 7) is 6.02. The molecule has 1 rings (SSSR count). The highest BCUT2D eigenvalue weighted by Gasteiger charge is 2.07. The maximum absolute atomic E-state index is 6.01. The normalized spacial score (nSPS) is 15.5. The molecule has 0 amide bonds. The second kappa shape index (κ2) is 4.34. The summed E-state index contributed by atoms with van der Waals surface area (Å²) in [5.41, 5.74) is 3.55. The van der Waals surface area contributed by atoms with Gasteiger partial charge in [0.15, 0.2) is 0 Å². The molecule has 0 spiro atoms. The van der Waals surface area contributed by atoms with E-state index in [1.807, 2.05) is 19.9 Å². The molecule has 0 N–H and O–H groups in total. The van der Waals surface area contributed by atoms with Crippen LogP contribution in [-0.4, -0.2) is 0 Å². The minimum Gasteiger partial charge on any atom is -0.118 e. The molecular weight excluding hydrogens is 203 g/mol.